The number of hydrogen-bond acceptors (Lipinski definition) is 4. The normalized spacial score (nSPS) is 37.0. The van der Waals surface area contributed by atoms with E-state index in [2.05, 4.69) is 12.2 Å². The summed E-state index contributed by atoms with van der Waals surface area (Å²) in [6.07, 6.45) is 3.55. The van der Waals surface area contributed by atoms with E-state index in [1.54, 1.807) is 13.0 Å². The Labute approximate surface area is 129 Å². The van der Waals surface area contributed by atoms with Gasteiger partial charge in [-0.05, 0) is 30.9 Å². The van der Waals surface area contributed by atoms with Crippen LogP contribution in [0.15, 0.2) is 34.6 Å². The molecule has 0 fully saturated rings. The van der Waals surface area contributed by atoms with E-state index in [4.69, 9.17) is 4.74 Å². The summed E-state index contributed by atoms with van der Waals surface area (Å²) in [5, 5.41) is 13.2. The van der Waals surface area contributed by atoms with Gasteiger partial charge in [-0.2, -0.15) is 0 Å². The Morgan fingerprint density at radius 3 is 2.82 bits per heavy atom. The third kappa shape index (κ3) is 2.03. The Balaban J connectivity index is 2.06. The molecule has 22 heavy (non-hydrogen) atoms. The number of carbonyl (C=O) groups is 2. The first kappa shape index (κ1) is 15.0. The fourth-order valence-corrected chi connectivity index (χ4v) is 3.74. The molecule has 5 heteroatoms. The second kappa shape index (κ2) is 4.81. The lowest BCUT2D eigenvalue weighted by Crippen LogP contribution is -2.54. The van der Waals surface area contributed by atoms with Crippen molar-refractivity contribution >= 4 is 11.9 Å². The van der Waals surface area contributed by atoms with Gasteiger partial charge >= 0.3 is 5.97 Å². The molecule has 0 spiro atoms. The third-order valence-corrected chi connectivity index (χ3v) is 5.38. The molecule has 2 N–H and O–H groups in total. The number of hydrogen-bond donors (Lipinski definition) is 2. The van der Waals surface area contributed by atoms with Crippen LogP contribution in [0.1, 0.15) is 34.1 Å². The van der Waals surface area contributed by atoms with Crippen LogP contribution in [-0.2, 0) is 14.3 Å². The van der Waals surface area contributed by atoms with Gasteiger partial charge in [0.2, 0.25) is 5.91 Å². The predicted molar refractivity (Wildman–Crippen MR) is 80.5 cm³/mol. The van der Waals surface area contributed by atoms with Gasteiger partial charge in [-0.1, -0.05) is 19.9 Å². The van der Waals surface area contributed by atoms with Crippen LogP contribution in [0, 0.1) is 11.3 Å². The van der Waals surface area contributed by atoms with Gasteiger partial charge < -0.3 is 15.2 Å². The Kier molecular flexibility index (Phi) is 3.29. The molecule has 3 rings (SSSR count). The smallest absolute Gasteiger partial charge is 0.339 e. The Hall–Kier alpha value is -1.88. The molecule has 0 aromatic carbocycles. The van der Waals surface area contributed by atoms with E-state index in [9.17, 15) is 14.7 Å². The first-order valence-electron chi connectivity index (χ1n) is 7.55. The number of rotatable bonds is 1. The van der Waals surface area contributed by atoms with Gasteiger partial charge in [0.25, 0.3) is 0 Å². The van der Waals surface area contributed by atoms with Gasteiger partial charge in [0, 0.05) is 23.5 Å². The third-order valence-electron chi connectivity index (χ3n) is 5.38. The number of nitrogens with one attached hydrogen (secondary N) is 1. The van der Waals surface area contributed by atoms with Crippen molar-refractivity contribution in [3.8, 4) is 0 Å². The van der Waals surface area contributed by atoms with Crippen LogP contribution < -0.4 is 5.32 Å². The maximum atomic E-state index is 11.8. The van der Waals surface area contributed by atoms with Crippen LogP contribution in [-0.4, -0.2) is 29.1 Å². The molecular formula is C17H21NO4. The highest BCUT2D eigenvalue weighted by atomic mass is 16.5. The van der Waals surface area contributed by atoms with Crippen LogP contribution in [0.4, 0.5) is 0 Å². The molecule has 0 unspecified atom stereocenters. The van der Waals surface area contributed by atoms with E-state index in [1.807, 2.05) is 13.0 Å². The summed E-state index contributed by atoms with van der Waals surface area (Å²) < 4.78 is 5.29. The molecule has 1 amide bonds. The predicted octanol–water partition coefficient (Wildman–Crippen LogP) is 1.60. The molecule has 0 radical (unpaired) electrons. The summed E-state index contributed by atoms with van der Waals surface area (Å²) in [6, 6.07) is -0.333. The molecular weight excluding hydrogens is 282 g/mol. The summed E-state index contributed by atoms with van der Waals surface area (Å²) >= 11 is 0. The molecule has 0 bridgehead atoms. The average Bonchev–Trinajstić information content (AvgIpc) is 2.69. The van der Waals surface area contributed by atoms with Gasteiger partial charge in [-0.15, -0.1) is 0 Å². The van der Waals surface area contributed by atoms with Crippen molar-refractivity contribution < 1.29 is 19.4 Å². The Morgan fingerprint density at radius 1 is 1.50 bits per heavy atom. The summed E-state index contributed by atoms with van der Waals surface area (Å²) in [6.45, 7) is 7.38. The topological polar surface area (TPSA) is 75.6 Å². The standard InChI is InChI=1S/C17H21NO4/c1-8-12-7-17(4)9(2)15(18-10(3)19)13(20)5-11(17)6-14(12)22-16(8)21/h5-6,9,13,15,20H,7H2,1-4H3,(H,18,19)/t9-,13-,15+,17+/m0/s1. The molecule has 1 aliphatic heterocycles. The summed E-state index contributed by atoms with van der Waals surface area (Å²) in [4.78, 5) is 23.2. The number of ether oxygens (including phenoxy) is 1. The fourth-order valence-electron chi connectivity index (χ4n) is 3.74. The van der Waals surface area contributed by atoms with Crippen molar-refractivity contribution in [2.75, 3.05) is 0 Å². The van der Waals surface area contributed by atoms with Gasteiger partial charge in [0.15, 0.2) is 0 Å². The van der Waals surface area contributed by atoms with E-state index >= 15 is 0 Å². The van der Waals surface area contributed by atoms with E-state index < -0.39 is 6.10 Å². The highest BCUT2D eigenvalue weighted by molar-refractivity contribution is 5.94. The first-order valence-corrected chi connectivity index (χ1v) is 7.55. The molecule has 1 heterocycles. The number of esters is 1. The number of fused-ring (bicyclic) bond motifs is 2. The van der Waals surface area contributed by atoms with Crippen molar-refractivity contribution in [3.05, 3.63) is 34.6 Å². The lowest BCUT2D eigenvalue weighted by Gasteiger charge is -2.48. The molecule has 0 saturated carbocycles. The van der Waals surface area contributed by atoms with Crippen LogP contribution in [0.5, 0.6) is 0 Å². The molecule has 0 aromatic heterocycles. The second-order valence-corrected chi connectivity index (χ2v) is 6.72. The van der Waals surface area contributed by atoms with Crippen molar-refractivity contribution in [2.24, 2.45) is 11.3 Å². The number of amides is 1. The molecule has 0 aromatic rings. The van der Waals surface area contributed by atoms with Crippen LogP contribution in [0.25, 0.3) is 0 Å². The second-order valence-electron chi connectivity index (χ2n) is 6.72. The van der Waals surface area contributed by atoms with Crippen molar-refractivity contribution in [2.45, 2.75) is 46.3 Å². The largest absolute Gasteiger partial charge is 0.423 e. The van der Waals surface area contributed by atoms with Crippen LogP contribution in [0.2, 0.25) is 0 Å². The summed E-state index contributed by atoms with van der Waals surface area (Å²) in [5.74, 6) is 0.178. The molecule has 4 atom stereocenters. The molecule has 5 nitrogen and oxygen atoms in total. The quantitative estimate of drug-likeness (QED) is 0.721. The maximum absolute atomic E-state index is 11.8. The summed E-state index contributed by atoms with van der Waals surface area (Å²) in [7, 11) is 0. The van der Waals surface area contributed by atoms with E-state index in [1.165, 1.54) is 6.92 Å². The molecule has 3 aliphatic rings. The van der Waals surface area contributed by atoms with E-state index in [-0.39, 0.29) is 29.3 Å². The van der Waals surface area contributed by atoms with Gasteiger partial charge in [0.1, 0.15) is 5.76 Å². The van der Waals surface area contributed by atoms with Crippen LogP contribution >= 0.6 is 0 Å². The Morgan fingerprint density at radius 2 is 2.18 bits per heavy atom. The van der Waals surface area contributed by atoms with Gasteiger partial charge in [-0.3, -0.25) is 4.79 Å². The lowest BCUT2D eigenvalue weighted by atomic mass is 9.59. The highest BCUT2D eigenvalue weighted by Crippen LogP contribution is 2.53. The Bertz CT molecular complexity index is 658. The highest BCUT2D eigenvalue weighted by Gasteiger charge is 2.49. The molecule has 2 aliphatic carbocycles. The van der Waals surface area contributed by atoms with Crippen molar-refractivity contribution in [1.29, 1.82) is 0 Å². The minimum Gasteiger partial charge on any atom is -0.423 e. The monoisotopic (exact) mass is 303 g/mol. The van der Waals surface area contributed by atoms with Crippen LogP contribution in [0.3, 0.4) is 0 Å². The van der Waals surface area contributed by atoms with Gasteiger partial charge in [-0.25, -0.2) is 4.79 Å². The van der Waals surface area contributed by atoms with E-state index in [0.717, 1.165) is 11.1 Å². The van der Waals surface area contributed by atoms with Crippen molar-refractivity contribution in [1.82, 2.24) is 5.32 Å². The average molecular weight is 303 g/mol. The minimum atomic E-state index is -0.748. The number of aliphatic hydroxyl groups is 1. The zero-order chi connectivity index (χ0) is 16.2. The van der Waals surface area contributed by atoms with Crippen molar-refractivity contribution in [3.63, 3.8) is 0 Å². The zero-order valence-corrected chi connectivity index (χ0v) is 13.3. The minimum absolute atomic E-state index is 0.0280. The maximum Gasteiger partial charge on any atom is 0.339 e. The number of carbonyl (C=O) groups excluding carboxylic acids is 2. The SMILES string of the molecule is CC(=O)N[C@H]1[C@@H](O)C=C2C=C3OC(=O)C(C)=C3C[C@]2(C)[C@H]1C. The zero-order valence-electron chi connectivity index (χ0n) is 13.3. The van der Waals surface area contributed by atoms with Gasteiger partial charge in [0.05, 0.1) is 12.1 Å². The fraction of sp³-hybridized carbons (Fsp3) is 0.529. The molecule has 118 valence electrons. The molecule has 0 saturated heterocycles. The number of allylic oxidation sites excluding steroid dienone is 3. The first-order chi connectivity index (χ1) is 10.2. The lowest BCUT2D eigenvalue weighted by molar-refractivity contribution is -0.133. The number of aliphatic hydroxyl groups excluding tert-OH is 1. The summed E-state index contributed by atoms with van der Waals surface area (Å²) in [5.41, 5.74) is 2.31. The van der Waals surface area contributed by atoms with E-state index in [0.29, 0.717) is 17.8 Å².